The summed E-state index contributed by atoms with van der Waals surface area (Å²) in [5.41, 5.74) is 1.86. The topological polar surface area (TPSA) is 82.5 Å². The van der Waals surface area contributed by atoms with Gasteiger partial charge in [0, 0.05) is 17.8 Å². The van der Waals surface area contributed by atoms with Crippen molar-refractivity contribution in [3.8, 4) is 22.6 Å². The van der Waals surface area contributed by atoms with Gasteiger partial charge in [-0.15, -0.1) is 11.3 Å². The molecule has 0 unspecified atom stereocenters. The van der Waals surface area contributed by atoms with Crippen molar-refractivity contribution in [3.05, 3.63) is 52.6 Å². The monoisotopic (exact) mass is 348 g/mol. The van der Waals surface area contributed by atoms with Gasteiger partial charge >= 0.3 is 0 Å². The third kappa shape index (κ3) is 3.31. The van der Waals surface area contributed by atoms with Gasteiger partial charge in [-0.3, -0.25) is 9.36 Å². The third-order valence-corrected chi connectivity index (χ3v) is 5.41. The predicted octanol–water partition coefficient (Wildman–Crippen LogP) is 3.88. The molecule has 0 aliphatic rings. The van der Waals surface area contributed by atoms with Gasteiger partial charge in [0.15, 0.2) is 0 Å². The first-order valence-electron chi connectivity index (χ1n) is 7.96. The van der Waals surface area contributed by atoms with Crippen LogP contribution in [0.3, 0.4) is 0 Å². The number of benzene rings is 1. The highest BCUT2D eigenvalue weighted by atomic mass is 32.1. The Labute approximate surface area is 149 Å². The van der Waals surface area contributed by atoms with Crippen molar-refractivity contribution in [2.45, 2.75) is 26.3 Å². The van der Waals surface area contributed by atoms with Gasteiger partial charge in [-0.05, 0) is 24.5 Å². The van der Waals surface area contributed by atoms with E-state index in [1.807, 2.05) is 43.3 Å². The van der Waals surface area contributed by atoms with Crippen LogP contribution in [0.15, 0.2) is 41.5 Å². The maximum atomic E-state index is 12.9. The first-order chi connectivity index (χ1) is 12.2. The van der Waals surface area contributed by atoms with E-state index >= 15 is 0 Å². The summed E-state index contributed by atoms with van der Waals surface area (Å²) in [6, 6.07) is 14.1. The fourth-order valence-corrected chi connectivity index (χ4v) is 3.97. The standard InChI is InChI=1S/C19H16N4OS/c1-13-16-18(25-17(13)15-7-3-2-4-8-15)22-12-23(19(16)24)11-14(10-21)6-5-9-20/h2-4,7-8,12,14H,5-6,11H2,1H3/t14-/m0/s1. The summed E-state index contributed by atoms with van der Waals surface area (Å²) in [5, 5.41) is 18.5. The van der Waals surface area contributed by atoms with Crippen LogP contribution >= 0.6 is 11.3 Å². The summed E-state index contributed by atoms with van der Waals surface area (Å²) in [6.07, 6.45) is 2.26. The summed E-state index contributed by atoms with van der Waals surface area (Å²) in [4.78, 5) is 19.1. The van der Waals surface area contributed by atoms with Crippen molar-refractivity contribution in [1.82, 2.24) is 9.55 Å². The summed E-state index contributed by atoms with van der Waals surface area (Å²) in [7, 11) is 0. The second-order valence-electron chi connectivity index (χ2n) is 5.83. The molecule has 0 saturated carbocycles. The van der Waals surface area contributed by atoms with E-state index in [0.717, 1.165) is 16.0 Å². The molecule has 5 nitrogen and oxygen atoms in total. The van der Waals surface area contributed by atoms with Crippen LogP contribution in [0.4, 0.5) is 0 Å². The Morgan fingerprint density at radius 3 is 2.72 bits per heavy atom. The van der Waals surface area contributed by atoms with Gasteiger partial charge in [0.05, 0.1) is 29.8 Å². The van der Waals surface area contributed by atoms with Crippen LogP contribution < -0.4 is 5.56 Å². The van der Waals surface area contributed by atoms with E-state index in [1.54, 1.807) is 0 Å². The van der Waals surface area contributed by atoms with E-state index in [2.05, 4.69) is 11.1 Å². The van der Waals surface area contributed by atoms with E-state index in [9.17, 15) is 10.1 Å². The summed E-state index contributed by atoms with van der Waals surface area (Å²) in [6.45, 7) is 2.20. The molecule has 0 bridgehead atoms. The van der Waals surface area contributed by atoms with Gasteiger partial charge in [-0.1, -0.05) is 30.3 Å². The number of hydrogen-bond acceptors (Lipinski definition) is 5. The fraction of sp³-hybridized carbons (Fsp3) is 0.263. The number of rotatable bonds is 5. The Morgan fingerprint density at radius 1 is 1.28 bits per heavy atom. The minimum atomic E-state index is -0.371. The van der Waals surface area contributed by atoms with Gasteiger partial charge < -0.3 is 0 Å². The molecule has 124 valence electrons. The van der Waals surface area contributed by atoms with Crippen LogP contribution in [-0.4, -0.2) is 9.55 Å². The molecule has 0 radical (unpaired) electrons. The first-order valence-corrected chi connectivity index (χ1v) is 8.78. The lowest BCUT2D eigenvalue weighted by atomic mass is 10.1. The van der Waals surface area contributed by atoms with Crippen molar-refractivity contribution in [2.24, 2.45) is 5.92 Å². The number of aromatic nitrogens is 2. The zero-order chi connectivity index (χ0) is 17.8. The lowest BCUT2D eigenvalue weighted by Gasteiger charge is -2.09. The molecule has 2 aromatic heterocycles. The van der Waals surface area contributed by atoms with E-state index in [1.165, 1.54) is 22.2 Å². The van der Waals surface area contributed by atoms with Crippen molar-refractivity contribution >= 4 is 21.6 Å². The number of fused-ring (bicyclic) bond motifs is 1. The molecular formula is C19H16N4OS. The van der Waals surface area contributed by atoms with Crippen LogP contribution in [0.1, 0.15) is 18.4 Å². The SMILES string of the molecule is Cc1c(-c2ccccc2)sc2ncn(C[C@H](C#N)CCC#N)c(=O)c12. The molecule has 0 aliphatic carbocycles. The molecule has 0 amide bonds. The van der Waals surface area contributed by atoms with Crippen LogP contribution in [0.5, 0.6) is 0 Å². The smallest absolute Gasteiger partial charge is 0.262 e. The normalized spacial score (nSPS) is 11.8. The molecule has 6 heteroatoms. The maximum absolute atomic E-state index is 12.9. The van der Waals surface area contributed by atoms with Gasteiger partial charge in [-0.2, -0.15) is 10.5 Å². The maximum Gasteiger partial charge on any atom is 0.262 e. The minimum absolute atomic E-state index is 0.127. The highest BCUT2D eigenvalue weighted by molar-refractivity contribution is 7.22. The number of aryl methyl sites for hydroxylation is 1. The average molecular weight is 348 g/mol. The van der Waals surface area contributed by atoms with E-state index in [-0.39, 0.29) is 18.0 Å². The Morgan fingerprint density at radius 2 is 2.04 bits per heavy atom. The molecule has 2 heterocycles. The highest BCUT2D eigenvalue weighted by Gasteiger charge is 2.17. The molecule has 1 aromatic carbocycles. The molecule has 3 rings (SSSR count). The fourth-order valence-electron chi connectivity index (χ4n) is 2.83. The first kappa shape index (κ1) is 16.9. The van der Waals surface area contributed by atoms with Crippen molar-refractivity contribution in [3.63, 3.8) is 0 Å². The largest absolute Gasteiger partial charge is 0.297 e. The Kier molecular flexibility index (Phi) is 4.92. The van der Waals surface area contributed by atoms with Crippen LogP contribution in [-0.2, 0) is 6.54 Å². The van der Waals surface area contributed by atoms with E-state index in [4.69, 9.17) is 5.26 Å². The molecule has 1 atom stereocenters. The molecule has 25 heavy (non-hydrogen) atoms. The Balaban J connectivity index is 2.03. The zero-order valence-electron chi connectivity index (χ0n) is 13.8. The molecule has 0 saturated heterocycles. The van der Waals surface area contributed by atoms with Gasteiger partial charge in [0.25, 0.3) is 5.56 Å². The average Bonchev–Trinajstić information content (AvgIpc) is 2.98. The molecule has 0 aliphatic heterocycles. The number of hydrogen-bond donors (Lipinski definition) is 0. The second kappa shape index (κ2) is 7.29. The Hall–Kier alpha value is -2.96. The molecule has 0 spiro atoms. The summed E-state index contributed by atoms with van der Waals surface area (Å²) >= 11 is 1.51. The van der Waals surface area contributed by atoms with Crippen LogP contribution in [0.25, 0.3) is 20.7 Å². The quantitative estimate of drug-likeness (QED) is 0.700. The van der Waals surface area contributed by atoms with Gasteiger partial charge in [-0.25, -0.2) is 4.98 Å². The van der Waals surface area contributed by atoms with Crippen molar-refractivity contribution < 1.29 is 0 Å². The van der Waals surface area contributed by atoms with Gasteiger partial charge in [0.2, 0.25) is 0 Å². The van der Waals surface area contributed by atoms with Gasteiger partial charge in [0.1, 0.15) is 4.83 Å². The van der Waals surface area contributed by atoms with Crippen molar-refractivity contribution in [2.75, 3.05) is 0 Å². The lowest BCUT2D eigenvalue weighted by Crippen LogP contribution is -2.24. The van der Waals surface area contributed by atoms with E-state index in [0.29, 0.717) is 23.1 Å². The summed E-state index contributed by atoms with van der Waals surface area (Å²) in [5.74, 6) is -0.371. The third-order valence-electron chi connectivity index (χ3n) is 4.16. The zero-order valence-corrected chi connectivity index (χ0v) is 14.6. The molecular weight excluding hydrogens is 332 g/mol. The molecule has 3 aromatic rings. The Bertz CT molecular complexity index is 1040. The van der Waals surface area contributed by atoms with Crippen LogP contribution in [0, 0.1) is 35.5 Å². The number of nitriles is 2. The molecule has 0 N–H and O–H groups in total. The summed E-state index contributed by atoms with van der Waals surface area (Å²) < 4.78 is 1.49. The minimum Gasteiger partial charge on any atom is -0.297 e. The predicted molar refractivity (Wildman–Crippen MR) is 98.0 cm³/mol. The van der Waals surface area contributed by atoms with Crippen molar-refractivity contribution in [1.29, 1.82) is 10.5 Å². The highest BCUT2D eigenvalue weighted by Crippen LogP contribution is 2.35. The van der Waals surface area contributed by atoms with E-state index < -0.39 is 0 Å². The number of nitrogens with zero attached hydrogens (tertiary/aromatic N) is 4. The lowest BCUT2D eigenvalue weighted by molar-refractivity contribution is 0.498. The second-order valence-corrected chi connectivity index (χ2v) is 6.83. The molecule has 0 fully saturated rings. The van der Waals surface area contributed by atoms with Crippen LogP contribution in [0.2, 0.25) is 0 Å². The number of thiophene rings is 1.